The van der Waals surface area contributed by atoms with Crippen molar-refractivity contribution >= 4 is 11.9 Å². The van der Waals surface area contributed by atoms with Crippen molar-refractivity contribution in [1.29, 1.82) is 0 Å². The molecule has 1 aliphatic rings. The van der Waals surface area contributed by atoms with Crippen molar-refractivity contribution in [2.75, 3.05) is 7.11 Å². The normalized spacial score (nSPS) is 23.4. The van der Waals surface area contributed by atoms with Crippen LogP contribution in [0.4, 0.5) is 13.2 Å². The largest absolute Gasteiger partial charge is 0.471 e. The van der Waals surface area contributed by atoms with E-state index in [2.05, 4.69) is 4.74 Å². The lowest BCUT2D eigenvalue weighted by molar-refractivity contribution is -0.498. The molecular weight excluding hydrogens is 273 g/mol. The van der Waals surface area contributed by atoms with Crippen molar-refractivity contribution in [3.05, 3.63) is 10.1 Å². The average molecular weight is 284 g/mol. The number of ether oxygens (including phenoxy) is 1. The highest BCUT2D eigenvalue weighted by Crippen LogP contribution is 2.37. The topological polar surface area (TPSA) is 98.5 Å². The molecule has 3 atom stereocenters. The SMILES string of the molecule is COC(=O)C(C[C@H]1C[C@@H]1[N+](=O)[O-])NC(=O)C(F)(F)F. The zero-order chi connectivity index (χ0) is 14.8. The Kier molecular flexibility index (Phi) is 4.32. The van der Waals surface area contributed by atoms with Gasteiger partial charge in [0.25, 0.3) is 0 Å². The van der Waals surface area contributed by atoms with Crippen molar-refractivity contribution in [3.8, 4) is 0 Å². The first-order chi connectivity index (χ1) is 8.66. The monoisotopic (exact) mass is 284 g/mol. The highest BCUT2D eigenvalue weighted by Gasteiger charge is 2.51. The van der Waals surface area contributed by atoms with Gasteiger partial charge in [0.05, 0.1) is 7.11 Å². The predicted molar refractivity (Wildman–Crippen MR) is 53.5 cm³/mol. The maximum atomic E-state index is 12.1. The average Bonchev–Trinajstić information content (AvgIpc) is 3.05. The van der Waals surface area contributed by atoms with E-state index in [1.165, 1.54) is 5.32 Å². The summed E-state index contributed by atoms with van der Waals surface area (Å²) in [5, 5.41) is 11.9. The number of methoxy groups -OCH3 is 1. The van der Waals surface area contributed by atoms with Gasteiger partial charge in [-0.3, -0.25) is 14.9 Å². The molecule has 1 amide bonds. The Bertz CT molecular complexity index is 398. The van der Waals surface area contributed by atoms with Crippen LogP contribution in [0.1, 0.15) is 12.8 Å². The second-order valence-corrected chi connectivity index (χ2v) is 4.13. The van der Waals surface area contributed by atoms with Gasteiger partial charge in [-0.2, -0.15) is 13.2 Å². The molecular formula is C9H11F3N2O5. The van der Waals surface area contributed by atoms with Crippen LogP contribution in [-0.4, -0.2) is 42.2 Å². The van der Waals surface area contributed by atoms with E-state index in [0.717, 1.165) is 7.11 Å². The van der Waals surface area contributed by atoms with Gasteiger partial charge in [0, 0.05) is 17.3 Å². The van der Waals surface area contributed by atoms with E-state index in [1.54, 1.807) is 0 Å². The van der Waals surface area contributed by atoms with Crippen LogP contribution in [0.5, 0.6) is 0 Å². The van der Waals surface area contributed by atoms with E-state index in [4.69, 9.17) is 0 Å². The Hall–Kier alpha value is -1.87. The van der Waals surface area contributed by atoms with Gasteiger partial charge in [-0.1, -0.05) is 0 Å². The first-order valence-electron chi connectivity index (χ1n) is 5.25. The third kappa shape index (κ3) is 4.07. The molecule has 0 saturated heterocycles. The molecule has 7 nitrogen and oxygen atoms in total. The van der Waals surface area contributed by atoms with Gasteiger partial charge in [0.1, 0.15) is 6.04 Å². The molecule has 10 heteroatoms. The van der Waals surface area contributed by atoms with Crippen molar-refractivity contribution in [3.63, 3.8) is 0 Å². The van der Waals surface area contributed by atoms with Crippen LogP contribution in [0.25, 0.3) is 0 Å². The van der Waals surface area contributed by atoms with Crippen LogP contribution in [0.2, 0.25) is 0 Å². The number of rotatable bonds is 5. The van der Waals surface area contributed by atoms with E-state index < -0.39 is 41.0 Å². The zero-order valence-electron chi connectivity index (χ0n) is 9.77. The molecule has 1 unspecified atom stereocenters. The number of nitrogens with zero attached hydrogens (tertiary/aromatic N) is 1. The Labute approximate surface area is 105 Å². The molecule has 1 saturated carbocycles. The number of hydrogen-bond donors (Lipinski definition) is 1. The molecule has 1 N–H and O–H groups in total. The maximum absolute atomic E-state index is 12.1. The number of carbonyl (C=O) groups excluding carboxylic acids is 2. The minimum Gasteiger partial charge on any atom is -0.467 e. The number of alkyl halides is 3. The summed E-state index contributed by atoms with van der Waals surface area (Å²) in [6.45, 7) is 0. The zero-order valence-corrected chi connectivity index (χ0v) is 9.77. The molecule has 0 radical (unpaired) electrons. The fourth-order valence-corrected chi connectivity index (χ4v) is 1.64. The highest BCUT2D eigenvalue weighted by atomic mass is 19.4. The van der Waals surface area contributed by atoms with Gasteiger partial charge < -0.3 is 10.1 Å². The summed E-state index contributed by atoms with van der Waals surface area (Å²) in [4.78, 5) is 31.8. The molecule has 1 aliphatic carbocycles. The molecule has 1 fully saturated rings. The fraction of sp³-hybridized carbons (Fsp3) is 0.778. The van der Waals surface area contributed by atoms with E-state index in [9.17, 15) is 32.9 Å². The summed E-state index contributed by atoms with van der Waals surface area (Å²) in [5.41, 5.74) is 0. The van der Waals surface area contributed by atoms with Gasteiger partial charge in [-0.25, -0.2) is 4.79 Å². The van der Waals surface area contributed by atoms with Crippen LogP contribution in [0.3, 0.4) is 0 Å². The third-order valence-corrected chi connectivity index (χ3v) is 2.74. The van der Waals surface area contributed by atoms with Crippen LogP contribution in [0.15, 0.2) is 0 Å². The quantitative estimate of drug-likeness (QED) is 0.443. The molecule has 0 aromatic carbocycles. The summed E-state index contributed by atoms with van der Waals surface area (Å²) in [6.07, 6.45) is -5.21. The van der Waals surface area contributed by atoms with E-state index in [1.807, 2.05) is 0 Å². The minimum absolute atomic E-state index is 0.169. The van der Waals surface area contributed by atoms with E-state index in [0.29, 0.717) is 0 Å². The molecule has 0 aromatic rings. The third-order valence-electron chi connectivity index (χ3n) is 2.74. The number of amides is 1. The van der Waals surface area contributed by atoms with E-state index in [-0.39, 0.29) is 12.8 Å². The van der Waals surface area contributed by atoms with Crippen LogP contribution in [0, 0.1) is 16.0 Å². The van der Waals surface area contributed by atoms with Gasteiger partial charge in [0.2, 0.25) is 6.04 Å². The van der Waals surface area contributed by atoms with Gasteiger partial charge in [-0.15, -0.1) is 0 Å². The Morgan fingerprint density at radius 3 is 2.47 bits per heavy atom. The maximum Gasteiger partial charge on any atom is 0.471 e. The molecule has 0 bridgehead atoms. The second-order valence-electron chi connectivity index (χ2n) is 4.13. The summed E-state index contributed by atoms with van der Waals surface area (Å²) < 4.78 is 40.4. The molecule has 108 valence electrons. The van der Waals surface area contributed by atoms with Crippen LogP contribution < -0.4 is 5.32 Å². The highest BCUT2D eigenvalue weighted by molar-refractivity contribution is 5.87. The lowest BCUT2D eigenvalue weighted by Gasteiger charge is -2.16. The van der Waals surface area contributed by atoms with Gasteiger partial charge in [-0.05, 0) is 6.42 Å². The van der Waals surface area contributed by atoms with E-state index >= 15 is 0 Å². The number of hydrogen-bond acceptors (Lipinski definition) is 5. The fourth-order valence-electron chi connectivity index (χ4n) is 1.64. The molecule has 0 aliphatic heterocycles. The summed E-state index contributed by atoms with van der Waals surface area (Å²) >= 11 is 0. The second kappa shape index (κ2) is 5.41. The van der Waals surface area contributed by atoms with Crippen LogP contribution >= 0.6 is 0 Å². The molecule has 1 rings (SSSR count). The summed E-state index contributed by atoms with van der Waals surface area (Å²) in [6, 6.07) is -2.41. The number of nitrogens with one attached hydrogen (secondary N) is 1. The molecule has 0 heterocycles. The molecule has 0 spiro atoms. The lowest BCUT2D eigenvalue weighted by Crippen LogP contribution is -2.47. The molecule has 19 heavy (non-hydrogen) atoms. The number of carbonyl (C=O) groups is 2. The minimum atomic E-state index is -5.13. The number of halogens is 3. The lowest BCUT2D eigenvalue weighted by atomic mass is 10.1. The van der Waals surface area contributed by atoms with Gasteiger partial charge >= 0.3 is 18.1 Å². The Morgan fingerprint density at radius 2 is 2.11 bits per heavy atom. The molecule has 0 aromatic heterocycles. The number of nitro groups is 1. The standard InChI is InChI=1S/C9H11F3N2O5/c1-19-7(15)5(13-8(16)9(10,11)12)2-4-3-6(4)14(17)18/h4-6H,2-3H2,1H3,(H,13,16)/t4-,5?,6-/m0/s1. The smallest absolute Gasteiger partial charge is 0.467 e. The van der Waals surface area contributed by atoms with Crippen molar-refractivity contribution in [1.82, 2.24) is 5.32 Å². The first kappa shape index (κ1) is 15.2. The summed E-state index contributed by atoms with van der Waals surface area (Å²) in [7, 11) is 0.951. The van der Waals surface area contributed by atoms with Crippen molar-refractivity contribution in [2.45, 2.75) is 31.1 Å². The number of esters is 1. The Morgan fingerprint density at radius 1 is 1.53 bits per heavy atom. The van der Waals surface area contributed by atoms with Crippen molar-refractivity contribution < 1.29 is 32.4 Å². The predicted octanol–water partition coefficient (Wildman–Crippen LogP) is 0.262. The van der Waals surface area contributed by atoms with Crippen molar-refractivity contribution in [2.24, 2.45) is 5.92 Å². The van der Waals surface area contributed by atoms with Crippen LogP contribution in [-0.2, 0) is 14.3 Å². The van der Waals surface area contributed by atoms with Gasteiger partial charge in [0.15, 0.2) is 0 Å². The Balaban J connectivity index is 2.62. The first-order valence-corrected chi connectivity index (χ1v) is 5.25. The summed E-state index contributed by atoms with van der Waals surface area (Å²) in [5.74, 6) is -3.87.